The van der Waals surface area contributed by atoms with Gasteiger partial charge in [-0.25, -0.2) is 4.98 Å². The second-order valence-electron chi connectivity index (χ2n) is 5.00. The van der Waals surface area contributed by atoms with Crippen LogP contribution in [0.15, 0.2) is 6.20 Å². The van der Waals surface area contributed by atoms with Crippen molar-refractivity contribution >= 4 is 28.2 Å². The van der Waals surface area contributed by atoms with Crippen LogP contribution in [0.1, 0.15) is 30.4 Å². The number of carbonyl (C=O) groups excluding carboxylic acids is 2. The van der Waals surface area contributed by atoms with Crippen molar-refractivity contribution in [3.8, 4) is 0 Å². The van der Waals surface area contributed by atoms with E-state index in [0.717, 1.165) is 11.7 Å². The second kappa shape index (κ2) is 4.35. The zero-order valence-corrected chi connectivity index (χ0v) is 11.9. The fourth-order valence-corrected chi connectivity index (χ4v) is 3.08. The van der Waals surface area contributed by atoms with Gasteiger partial charge in [-0.05, 0) is 13.8 Å². The van der Waals surface area contributed by atoms with Crippen LogP contribution in [-0.4, -0.2) is 47.3 Å². The number of hydrogen-bond acceptors (Lipinski definition) is 5. The van der Waals surface area contributed by atoms with Gasteiger partial charge in [0, 0.05) is 27.1 Å². The minimum Gasteiger partial charge on any atom is -0.342 e. The Kier molecular flexibility index (Phi) is 3.14. The molecule has 0 bridgehead atoms. The summed E-state index contributed by atoms with van der Waals surface area (Å²) in [5, 5.41) is 0.742. The van der Waals surface area contributed by atoms with Gasteiger partial charge in [0.2, 0.25) is 5.91 Å². The van der Waals surface area contributed by atoms with Crippen molar-refractivity contribution in [3.05, 3.63) is 11.1 Å². The third-order valence-electron chi connectivity index (χ3n) is 3.28. The molecule has 5 nitrogen and oxygen atoms in total. The van der Waals surface area contributed by atoms with E-state index in [1.807, 2.05) is 25.8 Å². The molecule has 1 aromatic heterocycles. The number of hydrogen-bond donors (Lipinski definition) is 0. The first kappa shape index (κ1) is 13.0. The maximum absolute atomic E-state index is 12.2. The molecule has 98 valence electrons. The molecule has 1 aliphatic heterocycles. The number of piperazine rings is 1. The van der Waals surface area contributed by atoms with Crippen molar-refractivity contribution in [1.29, 1.82) is 0 Å². The lowest BCUT2D eigenvalue weighted by Gasteiger charge is -2.44. The average molecular weight is 267 g/mol. The highest BCUT2D eigenvalue weighted by molar-refractivity contribution is 7.17. The number of aromatic nitrogens is 1. The van der Waals surface area contributed by atoms with Gasteiger partial charge in [-0.15, -0.1) is 0 Å². The Hall–Kier alpha value is -1.43. The molecule has 0 aromatic carbocycles. The Morgan fingerprint density at radius 2 is 2.11 bits per heavy atom. The number of likely N-dealkylation sites (N-methyl/N-ethyl adjacent to an activating group) is 1. The van der Waals surface area contributed by atoms with Gasteiger partial charge in [-0.2, -0.15) is 0 Å². The summed E-state index contributed by atoms with van der Waals surface area (Å²) in [5.74, 6) is 0.0883. The summed E-state index contributed by atoms with van der Waals surface area (Å²) in [6.07, 6.45) is 1.58. The highest BCUT2D eigenvalue weighted by atomic mass is 32.1. The van der Waals surface area contributed by atoms with Crippen LogP contribution in [0.5, 0.6) is 0 Å². The van der Waals surface area contributed by atoms with Crippen LogP contribution in [0, 0.1) is 0 Å². The SMILES string of the molecule is CC(=O)c1cnc(N2CCN(C)C(=O)C2(C)C)s1. The molecule has 0 radical (unpaired) electrons. The first-order valence-corrected chi connectivity index (χ1v) is 6.65. The van der Waals surface area contributed by atoms with Gasteiger partial charge in [0.15, 0.2) is 10.9 Å². The molecule has 1 amide bonds. The monoisotopic (exact) mass is 267 g/mol. The standard InChI is InChI=1S/C12H17N3O2S/c1-8(16)9-7-13-11(18-9)15-6-5-14(4)10(17)12(15,2)3/h7H,5-6H2,1-4H3. The molecule has 0 spiro atoms. The molecule has 0 aliphatic carbocycles. The topological polar surface area (TPSA) is 53.5 Å². The zero-order valence-electron chi connectivity index (χ0n) is 11.1. The third-order valence-corrected chi connectivity index (χ3v) is 4.40. The molecule has 18 heavy (non-hydrogen) atoms. The van der Waals surface area contributed by atoms with E-state index in [2.05, 4.69) is 4.98 Å². The Balaban J connectivity index is 2.32. The van der Waals surface area contributed by atoms with E-state index in [9.17, 15) is 9.59 Å². The molecular formula is C12H17N3O2S. The van der Waals surface area contributed by atoms with Crippen molar-refractivity contribution < 1.29 is 9.59 Å². The Labute approximate surface area is 110 Å². The molecule has 0 saturated carbocycles. The molecule has 2 rings (SSSR count). The molecule has 1 aliphatic rings. The van der Waals surface area contributed by atoms with Crippen LogP contribution >= 0.6 is 11.3 Å². The molecule has 1 saturated heterocycles. The molecule has 0 unspecified atom stereocenters. The molecule has 0 N–H and O–H groups in total. The maximum atomic E-state index is 12.2. The van der Waals surface area contributed by atoms with E-state index in [1.165, 1.54) is 18.3 Å². The van der Waals surface area contributed by atoms with Gasteiger partial charge in [0.05, 0.1) is 11.1 Å². The number of Topliss-reactive ketones (excluding diaryl/α,β-unsaturated/α-hetero) is 1. The fraction of sp³-hybridized carbons (Fsp3) is 0.583. The van der Waals surface area contributed by atoms with Gasteiger partial charge in [0.1, 0.15) is 5.54 Å². The number of carbonyl (C=O) groups is 2. The highest BCUT2D eigenvalue weighted by Gasteiger charge is 2.41. The first-order valence-electron chi connectivity index (χ1n) is 5.84. The van der Waals surface area contributed by atoms with E-state index in [-0.39, 0.29) is 11.7 Å². The number of thiazole rings is 1. The number of nitrogens with zero attached hydrogens (tertiary/aromatic N) is 3. The van der Waals surface area contributed by atoms with E-state index < -0.39 is 5.54 Å². The highest BCUT2D eigenvalue weighted by Crippen LogP contribution is 2.31. The minimum absolute atomic E-state index is 0.0111. The lowest BCUT2D eigenvalue weighted by atomic mass is 9.99. The predicted octanol–water partition coefficient (Wildman–Crippen LogP) is 1.40. The number of amides is 1. The van der Waals surface area contributed by atoms with Crippen molar-refractivity contribution in [2.45, 2.75) is 26.3 Å². The van der Waals surface area contributed by atoms with Crippen molar-refractivity contribution in [2.24, 2.45) is 0 Å². The summed E-state index contributed by atoms with van der Waals surface area (Å²) in [6.45, 7) is 6.72. The lowest BCUT2D eigenvalue weighted by molar-refractivity contribution is -0.136. The average Bonchev–Trinajstić information content (AvgIpc) is 2.75. The summed E-state index contributed by atoms with van der Waals surface area (Å²) in [5.41, 5.74) is -0.612. The molecule has 1 fully saturated rings. The van der Waals surface area contributed by atoms with Crippen LogP contribution in [0.25, 0.3) is 0 Å². The van der Waals surface area contributed by atoms with E-state index >= 15 is 0 Å². The van der Waals surface area contributed by atoms with Crippen LogP contribution in [0.2, 0.25) is 0 Å². The molecule has 2 heterocycles. The van der Waals surface area contributed by atoms with Gasteiger partial charge in [-0.3, -0.25) is 9.59 Å². The number of rotatable bonds is 2. The summed E-state index contributed by atoms with van der Waals surface area (Å²) in [7, 11) is 1.81. The van der Waals surface area contributed by atoms with Crippen molar-refractivity contribution in [1.82, 2.24) is 9.88 Å². The zero-order chi connectivity index (χ0) is 13.5. The Morgan fingerprint density at radius 3 is 2.67 bits per heavy atom. The first-order chi connectivity index (χ1) is 8.34. The second-order valence-corrected chi connectivity index (χ2v) is 6.01. The summed E-state index contributed by atoms with van der Waals surface area (Å²) in [4.78, 5) is 32.1. The molecule has 0 atom stereocenters. The molecule has 1 aromatic rings. The molecule has 6 heteroatoms. The van der Waals surface area contributed by atoms with Crippen LogP contribution in [0.3, 0.4) is 0 Å². The predicted molar refractivity (Wildman–Crippen MR) is 71.2 cm³/mol. The Morgan fingerprint density at radius 1 is 1.44 bits per heavy atom. The number of anilines is 1. The normalized spacial score (nSPS) is 19.2. The third kappa shape index (κ3) is 2.01. The lowest BCUT2D eigenvalue weighted by Crippen LogP contribution is -2.62. The fourth-order valence-electron chi connectivity index (χ4n) is 2.10. The van der Waals surface area contributed by atoms with Gasteiger partial charge in [0.25, 0.3) is 0 Å². The van der Waals surface area contributed by atoms with E-state index in [0.29, 0.717) is 11.4 Å². The summed E-state index contributed by atoms with van der Waals surface area (Å²) in [6, 6.07) is 0. The Bertz CT molecular complexity index is 495. The van der Waals surface area contributed by atoms with Crippen LogP contribution < -0.4 is 4.90 Å². The largest absolute Gasteiger partial charge is 0.342 e. The summed E-state index contributed by atoms with van der Waals surface area (Å²) < 4.78 is 0. The van der Waals surface area contributed by atoms with Crippen molar-refractivity contribution in [2.75, 3.05) is 25.0 Å². The van der Waals surface area contributed by atoms with Crippen LogP contribution in [0.4, 0.5) is 5.13 Å². The van der Waals surface area contributed by atoms with Crippen LogP contribution in [-0.2, 0) is 4.79 Å². The smallest absolute Gasteiger partial charge is 0.247 e. The van der Waals surface area contributed by atoms with E-state index in [1.54, 1.807) is 11.1 Å². The van der Waals surface area contributed by atoms with E-state index in [4.69, 9.17) is 0 Å². The quantitative estimate of drug-likeness (QED) is 0.760. The maximum Gasteiger partial charge on any atom is 0.247 e. The molecular weight excluding hydrogens is 250 g/mol. The van der Waals surface area contributed by atoms with Gasteiger partial charge < -0.3 is 9.80 Å². The van der Waals surface area contributed by atoms with Gasteiger partial charge in [-0.1, -0.05) is 11.3 Å². The number of ketones is 1. The van der Waals surface area contributed by atoms with Crippen molar-refractivity contribution in [3.63, 3.8) is 0 Å². The minimum atomic E-state index is -0.612. The van der Waals surface area contributed by atoms with Gasteiger partial charge >= 0.3 is 0 Å². The summed E-state index contributed by atoms with van der Waals surface area (Å²) >= 11 is 1.35.